The number of carbonyl (C=O) groups excluding carboxylic acids is 2. The predicted octanol–water partition coefficient (Wildman–Crippen LogP) is 2.52. The lowest BCUT2D eigenvalue weighted by atomic mass is 10.2. The highest BCUT2D eigenvalue weighted by atomic mass is 16.5. The SMILES string of the molecule is C=CC(=O)CCCOc1ccc2c3n(c(=NC(=O)c4cccnc4)nc2c1OC)CCN3. The van der Waals surface area contributed by atoms with Gasteiger partial charge in [-0.3, -0.25) is 19.1 Å². The summed E-state index contributed by atoms with van der Waals surface area (Å²) in [4.78, 5) is 36.9. The summed E-state index contributed by atoms with van der Waals surface area (Å²) in [6.45, 7) is 5.15. The Hall–Kier alpha value is -4.01. The van der Waals surface area contributed by atoms with Gasteiger partial charge in [0.15, 0.2) is 17.3 Å². The van der Waals surface area contributed by atoms with E-state index in [2.05, 4.69) is 26.9 Å². The number of nitrogens with one attached hydrogen (secondary N) is 1. The number of benzene rings is 1. The fraction of sp³-hybridized carbons (Fsp3) is 0.261. The van der Waals surface area contributed by atoms with Gasteiger partial charge in [0, 0.05) is 37.3 Å². The maximum absolute atomic E-state index is 12.7. The van der Waals surface area contributed by atoms with Gasteiger partial charge in [-0.2, -0.15) is 4.99 Å². The number of hydrogen-bond donors (Lipinski definition) is 1. The highest BCUT2D eigenvalue weighted by molar-refractivity contribution is 5.96. The van der Waals surface area contributed by atoms with Crippen molar-refractivity contribution < 1.29 is 19.1 Å². The van der Waals surface area contributed by atoms with Gasteiger partial charge in [0.05, 0.1) is 19.3 Å². The number of rotatable bonds is 8. The molecule has 0 saturated heterocycles. The fourth-order valence-corrected chi connectivity index (χ4v) is 3.52. The molecule has 0 bridgehead atoms. The van der Waals surface area contributed by atoms with Crippen molar-refractivity contribution >= 4 is 28.4 Å². The molecule has 9 nitrogen and oxygen atoms in total. The van der Waals surface area contributed by atoms with Crippen LogP contribution in [-0.2, 0) is 11.3 Å². The first kappa shape index (κ1) is 21.2. The second kappa shape index (κ2) is 9.42. The van der Waals surface area contributed by atoms with Gasteiger partial charge in [-0.05, 0) is 36.8 Å². The molecule has 2 aromatic heterocycles. The Labute approximate surface area is 184 Å². The van der Waals surface area contributed by atoms with Gasteiger partial charge < -0.3 is 14.8 Å². The average Bonchev–Trinajstić information content (AvgIpc) is 3.32. The fourth-order valence-electron chi connectivity index (χ4n) is 3.52. The van der Waals surface area contributed by atoms with E-state index in [0.717, 1.165) is 11.2 Å². The van der Waals surface area contributed by atoms with Crippen molar-refractivity contribution in [3.63, 3.8) is 0 Å². The van der Waals surface area contributed by atoms with Crippen LogP contribution in [0.2, 0.25) is 0 Å². The first-order valence-corrected chi connectivity index (χ1v) is 10.2. The van der Waals surface area contributed by atoms with E-state index in [1.807, 2.05) is 16.7 Å². The Morgan fingerprint density at radius 3 is 2.97 bits per heavy atom. The maximum atomic E-state index is 12.7. The summed E-state index contributed by atoms with van der Waals surface area (Å²) >= 11 is 0. The Morgan fingerprint density at radius 1 is 1.34 bits per heavy atom. The standard InChI is InChI=1S/C23H23N5O4/c1-3-16(29)7-5-13-32-18-9-8-17-19(20(18)31-2)26-23(28-12-11-25-21(17)28)27-22(30)15-6-4-10-24-14-15/h3-4,6,8-10,14,25H,1,5,7,11-13H2,2H3. The van der Waals surface area contributed by atoms with Crippen LogP contribution < -0.4 is 20.4 Å². The third-order valence-corrected chi connectivity index (χ3v) is 5.07. The second-order valence-electron chi connectivity index (χ2n) is 7.11. The monoisotopic (exact) mass is 433 g/mol. The van der Waals surface area contributed by atoms with E-state index in [-0.39, 0.29) is 11.4 Å². The summed E-state index contributed by atoms with van der Waals surface area (Å²) in [5.74, 6) is 1.31. The minimum Gasteiger partial charge on any atom is -0.491 e. The molecular formula is C23H23N5O4. The Balaban J connectivity index is 1.74. The number of amides is 1. The second-order valence-corrected chi connectivity index (χ2v) is 7.11. The number of carbonyl (C=O) groups is 2. The van der Waals surface area contributed by atoms with E-state index in [9.17, 15) is 9.59 Å². The summed E-state index contributed by atoms with van der Waals surface area (Å²) in [5, 5.41) is 4.17. The van der Waals surface area contributed by atoms with Gasteiger partial charge >= 0.3 is 0 Å². The minimum absolute atomic E-state index is 0.0241. The molecule has 1 aliphatic rings. The van der Waals surface area contributed by atoms with Crippen LogP contribution >= 0.6 is 0 Å². The molecule has 0 saturated carbocycles. The smallest absolute Gasteiger partial charge is 0.281 e. The molecule has 1 N–H and O–H groups in total. The Morgan fingerprint density at radius 2 is 2.22 bits per heavy atom. The van der Waals surface area contributed by atoms with Crippen LogP contribution in [0, 0.1) is 0 Å². The average molecular weight is 433 g/mol. The zero-order chi connectivity index (χ0) is 22.5. The number of nitrogens with zero attached hydrogens (tertiary/aromatic N) is 4. The van der Waals surface area contributed by atoms with E-state index in [4.69, 9.17) is 9.47 Å². The molecule has 0 aliphatic carbocycles. The molecule has 0 fully saturated rings. The van der Waals surface area contributed by atoms with E-state index in [0.29, 0.717) is 55.1 Å². The van der Waals surface area contributed by atoms with Crippen LogP contribution in [0.25, 0.3) is 10.9 Å². The van der Waals surface area contributed by atoms with Crippen molar-refractivity contribution in [2.24, 2.45) is 4.99 Å². The molecule has 0 spiro atoms. The van der Waals surface area contributed by atoms with Crippen molar-refractivity contribution in [1.29, 1.82) is 0 Å². The van der Waals surface area contributed by atoms with Crippen molar-refractivity contribution in [3.05, 3.63) is 60.5 Å². The number of anilines is 1. The van der Waals surface area contributed by atoms with Crippen LogP contribution in [0.5, 0.6) is 11.5 Å². The lowest BCUT2D eigenvalue weighted by molar-refractivity contribution is -0.114. The zero-order valence-electron chi connectivity index (χ0n) is 17.7. The summed E-state index contributed by atoms with van der Waals surface area (Å²) in [6.07, 6.45) is 5.30. The number of aromatic nitrogens is 3. The molecule has 0 unspecified atom stereocenters. The normalized spacial score (nSPS) is 12.8. The molecule has 164 valence electrons. The Kier molecular flexibility index (Phi) is 6.25. The molecule has 3 aromatic rings. The summed E-state index contributed by atoms with van der Waals surface area (Å²) in [6, 6.07) is 7.06. The van der Waals surface area contributed by atoms with Crippen LogP contribution in [-0.4, -0.2) is 46.5 Å². The van der Waals surface area contributed by atoms with Gasteiger partial charge in [-0.15, -0.1) is 0 Å². The molecule has 0 atom stereocenters. The molecule has 1 aliphatic heterocycles. The molecule has 3 heterocycles. The summed E-state index contributed by atoms with van der Waals surface area (Å²) < 4.78 is 13.3. The van der Waals surface area contributed by atoms with Crippen LogP contribution in [0.1, 0.15) is 23.2 Å². The quantitative estimate of drug-likeness (QED) is 0.430. The highest BCUT2D eigenvalue weighted by Crippen LogP contribution is 2.37. The number of ether oxygens (including phenoxy) is 2. The zero-order valence-corrected chi connectivity index (χ0v) is 17.7. The van der Waals surface area contributed by atoms with E-state index < -0.39 is 5.91 Å². The van der Waals surface area contributed by atoms with Crippen LogP contribution in [0.15, 0.2) is 54.3 Å². The van der Waals surface area contributed by atoms with Crippen molar-refractivity contribution in [2.45, 2.75) is 19.4 Å². The van der Waals surface area contributed by atoms with Crippen molar-refractivity contribution in [1.82, 2.24) is 14.5 Å². The molecule has 4 rings (SSSR count). The topological polar surface area (TPSA) is 108 Å². The molecule has 9 heteroatoms. The van der Waals surface area contributed by atoms with Gasteiger partial charge in [-0.25, -0.2) is 4.98 Å². The van der Waals surface area contributed by atoms with E-state index in [1.54, 1.807) is 18.3 Å². The summed E-state index contributed by atoms with van der Waals surface area (Å²) in [5.41, 5.74) is 1.19. The first-order valence-electron chi connectivity index (χ1n) is 10.2. The third kappa shape index (κ3) is 4.22. The molecular weight excluding hydrogens is 410 g/mol. The first-order chi connectivity index (χ1) is 15.6. The van der Waals surface area contributed by atoms with Gasteiger partial charge in [-0.1, -0.05) is 6.58 Å². The van der Waals surface area contributed by atoms with E-state index in [1.165, 1.54) is 19.4 Å². The van der Waals surface area contributed by atoms with Crippen molar-refractivity contribution in [3.8, 4) is 11.5 Å². The predicted molar refractivity (Wildman–Crippen MR) is 119 cm³/mol. The van der Waals surface area contributed by atoms with Crippen LogP contribution in [0.3, 0.4) is 0 Å². The molecule has 32 heavy (non-hydrogen) atoms. The number of pyridine rings is 1. The minimum atomic E-state index is -0.426. The number of hydrogen-bond acceptors (Lipinski definition) is 7. The molecule has 1 aromatic carbocycles. The Bertz CT molecular complexity index is 1250. The molecule has 1 amide bonds. The highest BCUT2D eigenvalue weighted by Gasteiger charge is 2.20. The largest absolute Gasteiger partial charge is 0.491 e. The number of allylic oxidation sites excluding steroid dienone is 1. The molecule has 0 radical (unpaired) electrons. The third-order valence-electron chi connectivity index (χ3n) is 5.07. The number of fused-ring (bicyclic) bond motifs is 3. The maximum Gasteiger partial charge on any atom is 0.281 e. The van der Waals surface area contributed by atoms with E-state index >= 15 is 0 Å². The summed E-state index contributed by atoms with van der Waals surface area (Å²) in [7, 11) is 1.54. The van der Waals surface area contributed by atoms with Gasteiger partial charge in [0.2, 0.25) is 5.62 Å². The van der Waals surface area contributed by atoms with Crippen LogP contribution in [0.4, 0.5) is 5.82 Å². The van der Waals surface area contributed by atoms with Crippen molar-refractivity contribution in [2.75, 3.05) is 25.6 Å². The van der Waals surface area contributed by atoms with Gasteiger partial charge in [0.1, 0.15) is 11.3 Å². The lowest BCUT2D eigenvalue weighted by Crippen LogP contribution is -2.25. The number of methoxy groups -OCH3 is 1. The lowest BCUT2D eigenvalue weighted by Gasteiger charge is -2.15. The van der Waals surface area contributed by atoms with Gasteiger partial charge in [0.25, 0.3) is 5.91 Å². The number of ketones is 1.